The molecule has 0 fully saturated rings. The fourth-order valence-electron chi connectivity index (χ4n) is 2.31. The smallest absolute Gasteiger partial charge is 0.392 e. The molecule has 1 aromatic rings. The molecule has 22 heavy (non-hydrogen) atoms. The van der Waals surface area contributed by atoms with Crippen molar-refractivity contribution in [1.29, 1.82) is 0 Å². The van der Waals surface area contributed by atoms with Crippen molar-refractivity contribution in [3.05, 3.63) is 27.7 Å². The fourth-order valence-corrected chi connectivity index (χ4v) is 4.47. The predicted molar refractivity (Wildman–Crippen MR) is 101 cm³/mol. The zero-order chi connectivity index (χ0) is 17.3. The van der Waals surface area contributed by atoms with Gasteiger partial charge in [-0.05, 0) is 64.0 Å². The maximum atomic E-state index is 6.37. The topological polar surface area (TPSA) is 18.5 Å². The molecular formula is C18H31BrO2Si. The van der Waals surface area contributed by atoms with Gasteiger partial charge in [0.25, 0.3) is 0 Å². The first-order valence-electron chi connectivity index (χ1n) is 7.95. The Balaban J connectivity index is 3.44. The molecule has 0 spiro atoms. The van der Waals surface area contributed by atoms with Crippen LogP contribution >= 0.6 is 15.9 Å². The number of hydrogen-bond acceptors (Lipinski definition) is 2. The molecule has 0 aromatic heterocycles. The summed E-state index contributed by atoms with van der Waals surface area (Å²) in [6, 6.07) is 4.47. The zero-order valence-corrected chi connectivity index (χ0v) is 18.1. The first-order chi connectivity index (χ1) is 9.78. The highest BCUT2D eigenvalue weighted by Crippen LogP contribution is 2.41. The maximum Gasteiger partial charge on any atom is 0.392 e. The van der Waals surface area contributed by atoms with E-state index in [4.69, 9.17) is 8.85 Å². The van der Waals surface area contributed by atoms with Gasteiger partial charge in [0.1, 0.15) is 5.75 Å². The van der Waals surface area contributed by atoms with Gasteiger partial charge in [0.05, 0.1) is 4.47 Å². The summed E-state index contributed by atoms with van der Waals surface area (Å²) >= 11 is 3.73. The molecule has 0 radical (unpaired) electrons. The van der Waals surface area contributed by atoms with Gasteiger partial charge in [0.2, 0.25) is 0 Å². The molecule has 0 heterocycles. The Bertz CT molecular complexity index is 525. The van der Waals surface area contributed by atoms with Gasteiger partial charge in [0.15, 0.2) is 0 Å². The third kappa shape index (κ3) is 5.10. The molecule has 2 nitrogen and oxygen atoms in total. The molecule has 0 unspecified atom stereocenters. The van der Waals surface area contributed by atoms with Crippen LogP contribution in [0.2, 0.25) is 13.1 Å². The third-order valence-corrected chi connectivity index (χ3v) is 5.83. The molecule has 1 aromatic carbocycles. The Labute approximate surface area is 146 Å². The summed E-state index contributed by atoms with van der Waals surface area (Å²) in [5, 5.41) is 0. The summed E-state index contributed by atoms with van der Waals surface area (Å²) < 4.78 is 13.2. The molecule has 0 amide bonds. The SMILES string of the molecule is CCO[Si](C)(C)Oc1c(Br)cc(C(C)(C)C)cc1C(C)(C)C. The van der Waals surface area contributed by atoms with Gasteiger partial charge in [-0.1, -0.05) is 47.6 Å². The lowest BCUT2D eigenvalue weighted by molar-refractivity contribution is 0.261. The van der Waals surface area contributed by atoms with Crippen LogP contribution in [0, 0.1) is 0 Å². The molecule has 0 saturated carbocycles. The van der Waals surface area contributed by atoms with Gasteiger partial charge >= 0.3 is 8.56 Å². The van der Waals surface area contributed by atoms with Crippen LogP contribution in [0.15, 0.2) is 16.6 Å². The Kier molecular flexibility index (Phi) is 5.97. The zero-order valence-electron chi connectivity index (χ0n) is 15.6. The van der Waals surface area contributed by atoms with Crippen molar-refractivity contribution >= 4 is 24.5 Å². The maximum absolute atomic E-state index is 6.37. The molecule has 126 valence electrons. The molecular weight excluding hydrogens is 356 g/mol. The van der Waals surface area contributed by atoms with Gasteiger partial charge < -0.3 is 8.85 Å². The quantitative estimate of drug-likeness (QED) is 0.576. The third-order valence-electron chi connectivity index (χ3n) is 3.56. The van der Waals surface area contributed by atoms with E-state index >= 15 is 0 Å². The van der Waals surface area contributed by atoms with Crippen molar-refractivity contribution in [2.75, 3.05) is 6.61 Å². The summed E-state index contributed by atoms with van der Waals surface area (Å²) in [5.41, 5.74) is 2.66. The second-order valence-corrected chi connectivity index (χ2v) is 12.4. The van der Waals surface area contributed by atoms with Gasteiger partial charge in [-0.2, -0.15) is 0 Å². The van der Waals surface area contributed by atoms with Crippen LogP contribution < -0.4 is 4.43 Å². The number of rotatable bonds is 4. The lowest BCUT2D eigenvalue weighted by Crippen LogP contribution is -2.39. The lowest BCUT2D eigenvalue weighted by Gasteiger charge is -2.32. The minimum Gasteiger partial charge on any atom is -0.519 e. The highest BCUT2D eigenvalue weighted by Gasteiger charge is 2.32. The second-order valence-electron chi connectivity index (χ2n) is 8.27. The first kappa shape index (κ1) is 19.7. The Morgan fingerprint density at radius 2 is 1.55 bits per heavy atom. The van der Waals surface area contributed by atoms with Gasteiger partial charge in [-0.15, -0.1) is 0 Å². The average Bonchev–Trinajstić information content (AvgIpc) is 2.28. The standard InChI is InChI=1S/C18H31BrO2Si/c1-10-20-22(8,9)21-16-14(18(5,6)7)11-13(12-15(16)19)17(2,3)4/h11-12H,10H2,1-9H3. The van der Waals surface area contributed by atoms with Crippen molar-refractivity contribution in [2.24, 2.45) is 0 Å². The Morgan fingerprint density at radius 3 is 1.95 bits per heavy atom. The van der Waals surface area contributed by atoms with Crippen LogP contribution in [-0.4, -0.2) is 15.2 Å². The number of hydrogen-bond donors (Lipinski definition) is 0. The Hall–Kier alpha value is -0.323. The van der Waals surface area contributed by atoms with E-state index in [1.54, 1.807) is 0 Å². The molecule has 0 aliphatic carbocycles. The van der Waals surface area contributed by atoms with E-state index in [2.05, 4.69) is 82.7 Å². The molecule has 0 N–H and O–H groups in total. The summed E-state index contributed by atoms with van der Waals surface area (Å²) in [7, 11) is -2.18. The minimum absolute atomic E-state index is 0.00973. The van der Waals surface area contributed by atoms with Crippen LogP contribution in [0.4, 0.5) is 0 Å². The van der Waals surface area contributed by atoms with Crippen molar-refractivity contribution in [3.8, 4) is 5.75 Å². The van der Waals surface area contributed by atoms with Crippen molar-refractivity contribution < 1.29 is 8.85 Å². The largest absolute Gasteiger partial charge is 0.519 e. The summed E-state index contributed by atoms with van der Waals surface area (Å²) in [4.78, 5) is 0. The normalized spacial score (nSPS) is 13.4. The van der Waals surface area contributed by atoms with E-state index in [-0.39, 0.29) is 10.8 Å². The molecule has 0 aliphatic rings. The molecule has 0 atom stereocenters. The van der Waals surface area contributed by atoms with E-state index in [0.717, 1.165) is 10.2 Å². The number of halogens is 1. The predicted octanol–water partition coefficient (Wildman–Crippen LogP) is 6.16. The molecule has 0 aliphatic heterocycles. The van der Waals surface area contributed by atoms with Crippen molar-refractivity contribution in [3.63, 3.8) is 0 Å². The highest BCUT2D eigenvalue weighted by atomic mass is 79.9. The van der Waals surface area contributed by atoms with Crippen LogP contribution in [0.1, 0.15) is 59.6 Å². The summed E-state index contributed by atoms with van der Waals surface area (Å²) in [6.07, 6.45) is 0. The lowest BCUT2D eigenvalue weighted by atomic mass is 9.80. The van der Waals surface area contributed by atoms with E-state index in [0.29, 0.717) is 6.61 Å². The number of benzene rings is 1. The highest BCUT2D eigenvalue weighted by molar-refractivity contribution is 9.10. The summed E-state index contributed by atoms with van der Waals surface area (Å²) in [5.74, 6) is 0.936. The van der Waals surface area contributed by atoms with Gasteiger partial charge in [0, 0.05) is 6.61 Å². The van der Waals surface area contributed by atoms with Gasteiger partial charge in [-0.3, -0.25) is 0 Å². The Morgan fingerprint density at radius 1 is 1.00 bits per heavy atom. The van der Waals surface area contributed by atoms with Crippen molar-refractivity contribution in [1.82, 2.24) is 0 Å². The first-order valence-corrected chi connectivity index (χ1v) is 11.6. The van der Waals surface area contributed by atoms with E-state index in [1.807, 2.05) is 6.92 Å². The fraction of sp³-hybridized carbons (Fsp3) is 0.667. The van der Waals surface area contributed by atoms with E-state index in [1.165, 1.54) is 11.1 Å². The van der Waals surface area contributed by atoms with E-state index in [9.17, 15) is 0 Å². The van der Waals surface area contributed by atoms with Crippen LogP contribution in [-0.2, 0) is 15.3 Å². The van der Waals surface area contributed by atoms with Crippen LogP contribution in [0.25, 0.3) is 0 Å². The van der Waals surface area contributed by atoms with Crippen LogP contribution in [0.5, 0.6) is 5.75 Å². The monoisotopic (exact) mass is 386 g/mol. The molecule has 4 heteroatoms. The van der Waals surface area contributed by atoms with Crippen molar-refractivity contribution in [2.45, 2.75) is 72.4 Å². The van der Waals surface area contributed by atoms with Gasteiger partial charge in [-0.25, -0.2) is 0 Å². The second kappa shape index (κ2) is 6.66. The van der Waals surface area contributed by atoms with E-state index < -0.39 is 8.56 Å². The minimum atomic E-state index is -2.18. The molecule has 0 bridgehead atoms. The summed E-state index contributed by atoms with van der Waals surface area (Å²) in [6.45, 7) is 20.3. The average molecular weight is 387 g/mol. The van der Waals surface area contributed by atoms with Crippen LogP contribution in [0.3, 0.4) is 0 Å². The molecule has 0 saturated heterocycles. The molecule has 1 rings (SSSR count).